The number of methoxy groups -OCH3 is 1. The van der Waals surface area contributed by atoms with Crippen LogP contribution >= 0.6 is 0 Å². The quantitative estimate of drug-likeness (QED) is 0.564. The number of benzene rings is 2. The third-order valence-corrected chi connectivity index (χ3v) is 5.08. The molecule has 0 radical (unpaired) electrons. The Bertz CT molecular complexity index is 954. The van der Waals surface area contributed by atoms with E-state index in [9.17, 15) is 18.4 Å². The second-order valence-corrected chi connectivity index (χ2v) is 6.76. The topological polar surface area (TPSA) is 72.6 Å². The van der Waals surface area contributed by atoms with Crippen LogP contribution in [0.25, 0.3) is 0 Å². The number of primary amides is 1. The first-order valence-electron chi connectivity index (χ1n) is 9.50. The van der Waals surface area contributed by atoms with Crippen LogP contribution in [0.15, 0.2) is 42.5 Å². The number of hydrogen-bond donors (Lipinski definition) is 1. The first kappa shape index (κ1) is 22.9. The molecule has 2 amide bonds. The van der Waals surface area contributed by atoms with Crippen molar-refractivity contribution in [2.75, 3.05) is 12.0 Å². The maximum absolute atomic E-state index is 15.0. The van der Waals surface area contributed by atoms with E-state index in [-0.39, 0.29) is 24.8 Å². The van der Waals surface area contributed by atoms with E-state index in [4.69, 9.17) is 10.5 Å². The van der Waals surface area contributed by atoms with Crippen LogP contribution in [0.3, 0.4) is 0 Å². The number of rotatable bonds is 6. The van der Waals surface area contributed by atoms with Gasteiger partial charge in [-0.2, -0.15) is 0 Å². The van der Waals surface area contributed by atoms with Crippen molar-refractivity contribution in [1.29, 1.82) is 0 Å². The molecule has 0 aliphatic heterocycles. The van der Waals surface area contributed by atoms with Gasteiger partial charge in [0.05, 0.1) is 19.1 Å². The van der Waals surface area contributed by atoms with Crippen molar-refractivity contribution in [3.05, 3.63) is 65.2 Å². The van der Waals surface area contributed by atoms with Gasteiger partial charge >= 0.3 is 12.0 Å². The minimum Gasteiger partial charge on any atom is -0.469 e. The summed E-state index contributed by atoms with van der Waals surface area (Å²) in [6, 6.07) is 9.99. The number of anilines is 1. The number of hydrogen-bond acceptors (Lipinski definition) is 3. The van der Waals surface area contributed by atoms with E-state index in [1.54, 1.807) is 38.1 Å². The smallest absolute Gasteiger partial charge is 0.319 e. The van der Waals surface area contributed by atoms with Crippen LogP contribution in [0.4, 0.5) is 19.3 Å². The van der Waals surface area contributed by atoms with Gasteiger partial charge < -0.3 is 10.5 Å². The van der Waals surface area contributed by atoms with Crippen molar-refractivity contribution in [2.45, 2.75) is 38.6 Å². The highest BCUT2D eigenvalue weighted by molar-refractivity contribution is 5.93. The molecule has 0 unspecified atom stereocenters. The summed E-state index contributed by atoms with van der Waals surface area (Å²) in [5.41, 5.74) is 4.45. The predicted octanol–water partition coefficient (Wildman–Crippen LogP) is 4.37. The van der Waals surface area contributed by atoms with Gasteiger partial charge in [-0.1, -0.05) is 43.9 Å². The van der Waals surface area contributed by atoms with Gasteiger partial charge in [0.2, 0.25) is 0 Å². The third kappa shape index (κ3) is 4.95. The summed E-state index contributed by atoms with van der Waals surface area (Å²) in [5, 5.41) is 0. The van der Waals surface area contributed by atoms with Gasteiger partial charge in [0, 0.05) is 11.1 Å². The molecule has 0 aromatic heterocycles. The van der Waals surface area contributed by atoms with Gasteiger partial charge in [0.15, 0.2) is 11.6 Å². The lowest BCUT2D eigenvalue weighted by Gasteiger charge is -2.41. The van der Waals surface area contributed by atoms with E-state index in [1.807, 2.05) is 6.07 Å². The van der Waals surface area contributed by atoms with Crippen LogP contribution in [-0.4, -0.2) is 24.6 Å². The Hall–Kier alpha value is -3.40. The molecule has 0 aliphatic rings. The van der Waals surface area contributed by atoms with Gasteiger partial charge in [0.1, 0.15) is 5.69 Å². The minimum absolute atomic E-state index is 0.105. The second-order valence-electron chi connectivity index (χ2n) is 6.76. The van der Waals surface area contributed by atoms with E-state index in [0.29, 0.717) is 5.56 Å². The van der Waals surface area contributed by atoms with Crippen LogP contribution in [0.2, 0.25) is 0 Å². The zero-order valence-corrected chi connectivity index (χ0v) is 17.2. The van der Waals surface area contributed by atoms with Crippen LogP contribution < -0.4 is 10.6 Å². The van der Waals surface area contributed by atoms with Crippen molar-refractivity contribution >= 4 is 17.7 Å². The molecule has 0 spiro atoms. The first-order chi connectivity index (χ1) is 14.3. The molecular formula is C23H24F2N2O3. The van der Waals surface area contributed by atoms with Gasteiger partial charge in [-0.05, 0) is 37.1 Å². The number of carbonyl (C=O) groups excluding carboxylic acids is 2. The summed E-state index contributed by atoms with van der Waals surface area (Å²) in [6.07, 6.45) is 0.208. The predicted molar refractivity (Wildman–Crippen MR) is 111 cm³/mol. The molecule has 0 aliphatic carbocycles. The number of nitrogens with zero attached hydrogens (tertiary/aromatic N) is 1. The average Bonchev–Trinajstić information content (AvgIpc) is 2.73. The molecule has 2 aromatic rings. The maximum Gasteiger partial charge on any atom is 0.319 e. The highest BCUT2D eigenvalue weighted by atomic mass is 19.1. The molecule has 0 fully saturated rings. The van der Waals surface area contributed by atoms with Crippen LogP contribution in [0.1, 0.15) is 44.2 Å². The monoisotopic (exact) mass is 414 g/mol. The van der Waals surface area contributed by atoms with Crippen molar-refractivity contribution in [3.63, 3.8) is 0 Å². The fourth-order valence-corrected chi connectivity index (χ4v) is 3.33. The van der Waals surface area contributed by atoms with E-state index < -0.39 is 34.9 Å². The lowest BCUT2D eigenvalue weighted by atomic mass is 9.86. The molecule has 30 heavy (non-hydrogen) atoms. The Labute approximate surface area is 174 Å². The van der Waals surface area contributed by atoms with Gasteiger partial charge in [-0.15, -0.1) is 0 Å². The molecule has 2 rings (SSSR count). The zero-order chi connectivity index (χ0) is 22.3. The number of ether oxygens (including phenoxy) is 1. The van der Waals surface area contributed by atoms with Crippen LogP contribution in [0, 0.1) is 23.5 Å². The molecule has 0 heterocycles. The molecule has 0 saturated carbocycles. The molecule has 0 bridgehead atoms. The lowest BCUT2D eigenvalue weighted by Crippen LogP contribution is -2.55. The fourth-order valence-electron chi connectivity index (χ4n) is 3.33. The van der Waals surface area contributed by atoms with Gasteiger partial charge in [0.25, 0.3) is 0 Å². The Morgan fingerprint density at radius 3 is 2.03 bits per heavy atom. The molecule has 0 saturated heterocycles. The molecule has 2 aromatic carbocycles. The average molecular weight is 414 g/mol. The lowest BCUT2D eigenvalue weighted by molar-refractivity contribution is -0.142. The number of nitrogens with two attached hydrogens (primary N) is 1. The summed E-state index contributed by atoms with van der Waals surface area (Å²) in [4.78, 5) is 25.0. The van der Waals surface area contributed by atoms with Crippen LogP contribution in [-0.2, 0) is 9.53 Å². The number of urea groups is 1. The maximum atomic E-state index is 15.0. The summed E-state index contributed by atoms with van der Waals surface area (Å²) in [5.74, 6) is 2.92. The number of esters is 1. The van der Waals surface area contributed by atoms with E-state index >= 15 is 0 Å². The summed E-state index contributed by atoms with van der Waals surface area (Å²) < 4.78 is 34.7. The Kier molecular flexibility index (Phi) is 7.54. The Balaban J connectivity index is 2.54. The van der Waals surface area contributed by atoms with E-state index in [2.05, 4.69) is 11.8 Å². The van der Waals surface area contributed by atoms with Crippen LogP contribution in [0.5, 0.6) is 0 Å². The minimum atomic E-state index is -1.24. The van der Waals surface area contributed by atoms with Crippen molar-refractivity contribution in [3.8, 4) is 11.8 Å². The third-order valence-electron chi connectivity index (χ3n) is 5.08. The molecule has 7 heteroatoms. The molecule has 0 atom stereocenters. The van der Waals surface area contributed by atoms with Crippen molar-refractivity contribution in [1.82, 2.24) is 0 Å². The molecular weight excluding hydrogens is 390 g/mol. The highest BCUT2D eigenvalue weighted by Gasteiger charge is 2.42. The van der Waals surface area contributed by atoms with E-state index in [1.165, 1.54) is 7.11 Å². The first-order valence-corrected chi connectivity index (χ1v) is 9.50. The van der Waals surface area contributed by atoms with E-state index in [0.717, 1.165) is 17.0 Å². The number of halogens is 2. The summed E-state index contributed by atoms with van der Waals surface area (Å²) in [6.45, 7) is 3.41. The Morgan fingerprint density at radius 2 is 1.57 bits per heavy atom. The fraction of sp³-hybridized carbons (Fsp3) is 0.304. The molecule has 158 valence electrons. The molecule has 2 N–H and O–H groups in total. The van der Waals surface area contributed by atoms with Crippen molar-refractivity contribution < 1.29 is 23.1 Å². The molecule has 5 nitrogen and oxygen atoms in total. The largest absolute Gasteiger partial charge is 0.469 e. The zero-order valence-electron chi connectivity index (χ0n) is 17.2. The number of amides is 2. The normalized spacial score (nSPS) is 10.7. The van der Waals surface area contributed by atoms with Gasteiger partial charge in [-0.25, -0.2) is 13.6 Å². The SMILES string of the molecule is CCC(CC)(CC(=O)OC)N(C(N)=O)c1c(F)cc(C#Cc2ccccc2)cc1F. The second kappa shape index (κ2) is 9.88. The Morgan fingerprint density at radius 1 is 1.03 bits per heavy atom. The highest BCUT2D eigenvalue weighted by Crippen LogP contribution is 2.36. The van der Waals surface area contributed by atoms with Gasteiger partial charge in [-0.3, -0.25) is 9.69 Å². The number of carbonyl (C=O) groups is 2. The standard InChI is InChI=1S/C23H24F2N2O3/c1-4-23(5-2,15-20(28)30-3)27(22(26)29)21-18(24)13-17(14-19(21)25)12-11-16-9-7-6-8-10-16/h6-10,13-14H,4-5,15H2,1-3H3,(H2,26,29). The summed E-state index contributed by atoms with van der Waals surface area (Å²) in [7, 11) is 1.20. The van der Waals surface area contributed by atoms with Crippen molar-refractivity contribution in [2.24, 2.45) is 5.73 Å². The summed E-state index contributed by atoms with van der Waals surface area (Å²) >= 11 is 0.